The lowest BCUT2D eigenvalue weighted by Crippen LogP contribution is -1.96. The van der Waals surface area contributed by atoms with Gasteiger partial charge in [0, 0.05) is 16.9 Å². The topological polar surface area (TPSA) is 63.1 Å². The van der Waals surface area contributed by atoms with Crippen LogP contribution in [0.25, 0.3) is 0 Å². The van der Waals surface area contributed by atoms with E-state index in [1.54, 1.807) is 12.3 Å². The summed E-state index contributed by atoms with van der Waals surface area (Å²) in [6.45, 7) is 1.98. The molecule has 4 nitrogen and oxygen atoms in total. The van der Waals surface area contributed by atoms with Crippen molar-refractivity contribution in [3.8, 4) is 0 Å². The fourth-order valence-corrected chi connectivity index (χ4v) is 2.26. The van der Waals surface area contributed by atoms with Gasteiger partial charge in [-0.3, -0.25) is 0 Å². The maximum absolute atomic E-state index is 10.7. The fraction of sp³-hybridized carbons (Fsp3) is 0.0833. The zero-order valence-corrected chi connectivity index (χ0v) is 11.8. The van der Waals surface area contributed by atoms with E-state index < -0.39 is 5.97 Å². The van der Waals surface area contributed by atoms with E-state index in [1.807, 2.05) is 13.0 Å². The van der Waals surface area contributed by atoms with Crippen molar-refractivity contribution in [2.45, 2.75) is 17.0 Å². The number of aryl methyl sites for hydroxylation is 1. The number of nitrogens with zero attached hydrogens (tertiary/aromatic N) is 2. The highest BCUT2D eigenvalue weighted by Gasteiger charge is 2.05. The van der Waals surface area contributed by atoms with Gasteiger partial charge in [0.25, 0.3) is 0 Å². The molecular weight excluding hydrogens is 316 g/mol. The Morgan fingerprint density at radius 2 is 2.00 bits per heavy atom. The van der Waals surface area contributed by atoms with Crippen molar-refractivity contribution < 1.29 is 9.90 Å². The van der Waals surface area contributed by atoms with Crippen molar-refractivity contribution in [1.82, 2.24) is 9.97 Å². The SMILES string of the molecule is Cc1cc(Sc2ccc(C(=O)O)cn2)ncc1Br. The number of halogens is 1. The number of carboxylic acid groups (broad SMARTS) is 1. The summed E-state index contributed by atoms with van der Waals surface area (Å²) in [4.78, 5) is 19.0. The standard InChI is InChI=1S/C12H9BrN2O2S/c1-7-4-11(15-6-9(7)13)18-10-3-2-8(5-14-10)12(16)17/h2-6H,1H3,(H,16,17). The van der Waals surface area contributed by atoms with Crippen molar-refractivity contribution in [3.63, 3.8) is 0 Å². The Labute approximate surface area is 117 Å². The summed E-state index contributed by atoms with van der Waals surface area (Å²) in [6.07, 6.45) is 3.08. The number of aromatic nitrogens is 2. The molecule has 2 rings (SSSR count). The normalized spacial score (nSPS) is 10.3. The second kappa shape index (κ2) is 5.49. The van der Waals surface area contributed by atoms with E-state index in [0.717, 1.165) is 15.1 Å². The molecule has 0 aliphatic rings. The van der Waals surface area contributed by atoms with E-state index in [0.29, 0.717) is 5.03 Å². The van der Waals surface area contributed by atoms with Crippen LogP contribution in [0.2, 0.25) is 0 Å². The highest BCUT2D eigenvalue weighted by molar-refractivity contribution is 9.10. The number of hydrogen-bond acceptors (Lipinski definition) is 4. The van der Waals surface area contributed by atoms with Gasteiger partial charge in [-0.05, 0) is 46.6 Å². The number of carbonyl (C=O) groups is 1. The van der Waals surface area contributed by atoms with Gasteiger partial charge in [-0.25, -0.2) is 14.8 Å². The molecule has 92 valence electrons. The number of pyridine rings is 2. The lowest BCUT2D eigenvalue weighted by molar-refractivity contribution is 0.0696. The third-order valence-electron chi connectivity index (χ3n) is 2.21. The van der Waals surface area contributed by atoms with Crippen molar-refractivity contribution in [2.24, 2.45) is 0 Å². The molecule has 2 heterocycles. The molecule has 1 N–H and O–H groups in total. The summed E-state index contributed by atoms with van der Waals surface area (Å²) in [7, 11) is 0. The van der Waals surface area contributed by atoms with Crippen LogP contribution in [0.15, 0.2) is 45.1 Å². The Bertz CT molecular complexity index is 587. The molecular formula is C12H9BrN2O2S. The van der Waals surface area contributed by atoms with E-state index in [-0.39, 0.29) is 5.56 Å². The molecule has 0 aliphatic heterocycles. The second-order valence-electron chi connectivity index (χ2n) is 3.56. The molecule has 6 heteroatoms. The average Bonchev–Trinajstić information content (AvgIpc) is 2.34. The fourth-order valence-electron chi connectivity index (χ4n) is 1.24. The van der Waals surface area contributed by atoms with Crippen LogP contribution in [0, 0.1) is 6.92 Å². The zero-order chi connectivity index (χ0) is 13.1. The lowest BCUT2D eigenvalue weighted by Gasteiger charge is -2.03. The molecule has 0 fully saturated rings. The van der Waals surface area contributed by atoms with Crippen LogP contribution < -0.4 is 0 Å². The van der Waals surface area contributed by atoms with Crippen molar-refractivity contribution in [1.29, 1.82) is 0 Å². The van der Waals surface area contributed by atoms with E-state index in [2.05, 4.69) is 25.9 Å². The van der Waals surface area contributed by atoms with E-state index in [9.17, 15) is 4.79 Å². The summed E-state index contributed by atoms with van der Waals surface area (Å²) in [5, 5.41) is 10.3. The third kappa shape index (κ3) is 3.08. The van der Waals surface area contributed by atoms with E-state index in [4.69, 9.17) is 5.11 Å². The van der Waals surface area contributed by atoms with Gasteiger partial charge in [-0.1, -0.05) is 11.8 Å². The summed E-state index contributed by atoms with van der Waals surface area (Å²) in [6, 6.07) is 5.15. The molecule has 0 amide bonds. The summed E-state index contributed by atoms with van der Waals surface area (Å²) >= 11 is 4.78. The maximum Gasteiger partial charge on any atom is 0.337 e. The largest absolute Gasteiger partial charge is 0.478 e. The first-order valence-electron chi connectivity index (χ1n) is 5.05. The first-order valence-corrected chi connectivity index (χ1v) is 6.66. The quantitative estimate of drug-likeness (QED) is 0.937. The molecule has 0 aromatic carbocycles. The van der Waals surface area contributed by atoms with E-state index in [1.165, 1.54) is 24.0 Å². The minimum Gasteiger partial charge on any atom is -0.478 e. The summed E-state index contributed by atoms with van der Waals surface area (Å²) in [5.74, 6) is -0.975. The molecule has 0 bridgehead atoms. The molecule has 0 saturated carbocycles. The lowest BCUT2D eigenvalue weighted by atomic mass is 10.3. The first-order chi connectivity index (χ1) is 8.56. The van der Waals surface area contributed by atoms with Crippen molar-refractivity contribution >= 4 is 33.7 Å². The number of hydrogen-bond donors (Lipinski definition) is 1. The minimum atomic E-state index is -0.975. The van der Waals surface area contributed by atoms with Crippen LogP contribution >= 0.6 is 27.7 Å². The molecule has 0 aliphatic carbocycles. The van der Waals surface area contributed by atoms with Crippen LogP contribution in [0.5, 0.6) is 0 Å². The Hall–Kier alpha value is -1.40. The van der Waals surface area contributed by atoms with Gasteiger partial charge in [0.2, 0.25) is 0 Å². The van der Waals surface area contributed by atoms with Gasteiger partial charge < -0.3 is 5.11 Å². The van der Waals surface area contributed by atoms with Gasteiger partial charge in [-0.2, -0.15) is 0 Å². The van der Waals surface area contributed by atoms with Crippen LogP contribution in [0.4, 0.5) is 0 Å². The smallest absolute Gasteiger partial charge is 0.337 e. The van der Waals surface area contributed by atoms with Gasteiger partial charge in [0.05, 0.1) is 5.56 Å². The first kappa shape index (κ1) is 13.0. The predicted molar refractivity (Wildman–Crippen MR) is 72.0 cm³/mol. The van der Waals surface area contributed by atoms with E-state index >= 15 is 0 Å². The Morgan fingerprint density at radius 1 is 1.28 bits per heavy atom. The van der Waals surface area contributed by atoms with Gasteiger partial charge in [0.15, 0.2) is 0 Å². The number of aromatic carboxylic acids is 1. The highest BCUT2D eigenvalue weighted by Crippen LogP contribution is 2.26. The molecule has 0 unspecified atom stereocenters. The predicted octanol–water partition coefficient (Wildman–Crippen LogP) is 3.40. The van der Waals surface area contributed by atoms with Crippen molar-refractivity contribution in [3.05, 3.63) is 46.2 Å². The average molecular weight is 325 g/mol. The Kier molecular flexibility index (Phi) is 3.98. The molecule has 2 aromatic heterocycles. The molecule has 2 aromatic rings. The maximum atomic E-state index is 10.7. The van der Waals surface area contributed by atoms with Crippen LogP contribution in [0.3, 0.4) is 0 Å². The summed E-state index contributed by atoms with van der Waals surface area (Å²) in [5.41, 5.74) is 1.27. The minimum absolute atomic E-state index is 0.180. The van der Waals surface area contributed by atoms with Crippen LogP contribution in [-0.2, 0) is 0 Å². The monoisotopic (exact) mass is 324 g/mol. The van der Waals surface area contributed by atoms with Gasteiger partial charge >= 0.3 is 5.97 Å². The summed E-state index contributed by atoms with van der Waals surface area (Å²) < 4.78 is 0.959. The molecule has 0 radical (unpaired) electrons. The number of rotatable bonds is 3. The zero-order valence-electron chi connectivity index (χ0n) is 9.42. The Balaban J connectivity index is 2.18. The van der Waals surface area contributed by atoms with Gasteiger partial charge in [0.1, 0.15) is 10.1 Å². The Morgan fingerprint density at radius 3 is 2.56 bits per heavy atom. The second-order valence-corrected chi connectivity index (χ2v) is 5.46. The van der Waals surface area contributed by atoms with Crippen LogP contribution in [-0.4, -0.2) is 21.0 Å². The van der Waals surface area contributed by atoms with Gasteiger partial charge in [-0.15, -0.1) is 0 Å². The van der Waals surface area contributed by atoms with Crippen LogP contribution in [0.1, 0.15) is 15.9 Å². The third-order valence-corrected chi connectivity index (χ3v) is 3.93. The number of carboxylic acids is 1. The molecule has 0 saturated heterocycles. The van der Waals surface area contributed by atoms with Crippen molar-refractivity contribution in [2.75, 3.05) is 0 Å². The highest BCUT2D eigenvalue weighted by atomic mass is 79.9. The molecule has 0 atom stereocenters. The molecule has 18 heavy (non-hydrogen) atoms. The molecule has 0 spiro atoms.